The van der Waals surface area contributed by atoms with E-state index in [4.69, 9.17) is 30.5 Å². The fourth-order valence-electron chi connectivity index (χ4n) is 2.77. The molecule has 0 aromatic heterocycles. The largest absolute Gasteiger partial charge is 0.482 e. The molecule has 0 aliphatic carbocycles. The molecule has 0 bridgehead atoms. The summed E-state index contributed by atoms with van der Waals surface area (Å²) < 4.78 is 21.2. The Hall–Kier alpha value is -2.93. The van der Waals surface area contributed by atoms with Gasteiger partial charge in [-0.15, -0.1) is 0 Å². The lowest BCUT2D eigenvalue weighted by atomic mass is 10.2. The summed E-state index contributed by atoms with van der Waals surface area (Å²) in [5, 5.41) is 0.392. The highest BCUT2D eigenvalue weighted by atomic mass is 35.5. The molecule has 0 spiro atoms. The molecule has 26 heavy (non-hydrogen) atoms. The summed E-state index contributed by atoms with van der Waals surface area (Å²) in [5.74, 6) is 0.719. The van der Waals surface area contributed by atoms with E-state index in [1.165, 1.54) is 4.90 Å². The molecule has 2 aromatic carbocycles. The third-order valence-corrected chi connectivity index (χ3v) is 4.26. The molecule has 0 N–H and O–H groups in total. The van der Waals surface area contributed by atoms with Gasteiger partial charge in [0, 0.05) is 0 Å². The lowest BCUT2D eigenvalue weighted by Crippen LogP contribution is -2.42. The average molecular weight is 376 g/mol. The van der Waals surface area contributed by atoms with E-state index in [-0.39, 0.29) is 32.5 Å². The summed E-state index contributed by atoms with van der Waals surface area (Å²) in [4.78, 5) is 25.7. The molecule has 0 atom stereocenters. The molecule has 8 heteroatoms. The molecule has 4 rings (SSSR count). The Labute approximate surface area is 154 Å². The number of benzene rings is 2. The number of esters is 1. The van der Waals surface area contributed by atoms with Crippen molar-refractivity contribution in [2.45, 2.75) is 6.61 Å². The van der Waals surface area contributed by atoms with Crippen LogP contribution in [0.5, 0.6) is 17.2 Å². The molecule has 0 saturated carbocycles. The number of carbonyl (C=O) groups excluding carboxylic acids is 2. The number of hydrogen-bond donors (Lipinski definition) is 0. The molecule has 7 nitrogen and oxygen atoms in total. The van der Waals surface area contributed by atoms with Crippen LogP contribution in [0.2, 0.25) is 5.02 Å². The van der Waals surface area contributed by atoms with Crippen LogP contribution in [-0.2, 0) is 20.9 Å². The Morgan fingerprint density at radius 2 is 2.00 bits per heavy atom. The average Bonchev–Trinajstić information content (AvgIpc) is 3.12. The van der Waals surface area contributed by atoms with E-state index in [1.807, 2.05) is 0 Å². The standard InChI is InChI=1S/C18H14ClNO6/c19-12-5-11(6-15-18(12)26-10-25-15)8-24-17(22)7-20-13-3-1-2-4-14(13)23-9-16(20)21/h1-6H,7-10H2. The van der Waals surface area contributed by atoms with Crippen LogP contribution < -0.4 is 19.1 Å². The smallest absolute Gasteiger partial charge is 0.326 e. The number of hydrogen-bond acceptors (Lipinski definition) is 6. The van der Waals surface area contributed by atoms with E-state index in [0.717, 1.165) is 0 Å². The molecule has 2 aliphatic heterocycles. The van der Waals surface area contributed by atoms with Crippen LogP contribution in [0.15, 0.2) is 36.4 Å². The van der Waals surface area contributed by atoms with Gasteiger partial charge in [0.15, 0.2) is 18.1 Å². The van der Waals surface area contributed by atoms with Gasteiger partial charge in [-0.3, -0.25) is 14.5 Å². The number of rotatable bonds is 4. The Bertz CT molecular complexity index is 884. The molecule has 0 fully saturated rings. The molecule has 0 radical (unpaired) electrons. The summed E-state index contributed by atoms with van der Waals surface area (Å²) in [6.45, 7) is -0.189. The number of fused-ring (bicyclic) bond motifs is 2. The van der Waals surface area contributed by atoms with Crippen molar-refractivity contribution in [2.75, 3.05) is 24.8 Å². The van der Waals surface area contributed by atoms with E-state index in [0.29, 0.717) is 33.5 Å². The second-order valence-corrected chi connectivity index (χ2v) is 6.12. The van der Waals surface area contributed by atoms with E-state index in [2.05, 4.69) is 0 Å². The third kappa shape index (κ3) is 3.13. The minimum Gasteiger partial charge on any atom is -0.482 e. The van der Waals surface area contributed by atoms with Gasteiger partial charge in [-0.1, -0.05) is 23.7 Å². The summed E-state index contributed by atoms with van der Waals surface area (Å²) >= 11 is 6.11. The lowest BCUT2D eigenvalue weighted by Gasteiger charge is -2.28. The van der Waals surface area contributed by atoms with Gasteiger partial charge in [0.1, 0.15) is 18.9 Å². The van der Waals surface area contributed by atoms with Gasteiger partial charge in [-0.25, -0.2) is 0 Å². The fraction of sp³-hybridized carbons (Fsp3) is 0.222. The van der Waals surface area contributed by atoms with Gasteiger partial charge in [0.05, 0.1) is 10.7 Å². The predicted octanol–water partition coefficient (Wildman–Crippen LogP) is 2.54. The molecular weight excluding hydrogens is 362 g/mol. The molecule has 2 aliphatic rings. The minimum absolute atomic E-state index is 0.00930. The van der Waals surface area contributed by atoms with Crippen LogP contribution in [0, 0.1) is 0 Å². The van der Waals surface area contributed by atoms with Crippen molar-refractivity contribution in [3.05, 3.63) is 47.0 Å². The van der Waals surface area contributed by atoms with E-state index in [1.54, 1.807) is 36.4 Å². The van der Waals surface area contributed by atoms with Crippen molar-refractivity contribution in [1.29, 1.82) is 0 Å². The second-order valence-electron chi connectivity index (χ2n) is 5.71. The molecule has 0 unspecified atom stereocenters. The fourth-order valence-corrected chi connectivity index (χ4v) is 3.06. The highest BCUT2D eigenvalue weighted by Crippen LogP contribution is 2.40. The Morgan fingerprint density at radius 1 is 1.15 bits per heavy atom. The van der Waals surface area contributed by atoms with Crippen LogP contribution in [0.3, 0.4) is 0 Å². The number of para-hydroxylation sites is 2. The summed E-state index contributed by atoms with van der Waals surface area (Å²) in [5.41, 5.74) is 1.22. The zero-order valence-electron chi connectivity index (χ0n) is 13.6. The van der Waals surface area contributed by atoms with E-state index < -0.39 is 5.97 Å². The first kappa shape index (κ1) is 16.5. The molecular formula is C18H14ClNO6. The summed E-state index contributed by atoms with van der Waals surface area (Å²) in [7, 11) is 0. The summed E-state index contributed by atoms with van der Waals surface area (Å²) in [6, 6.07) is 10.4. The number of halogens is 1. The number of ether oxygens (including phenoxy) is 4. The molecule has 2 aromatic rings. The Balaban J connectivity index is 1.42. The van der Waals surface area contributed by atoms with Crippen molar-refractivity contribution in [1.82, 2.24) is 0 Å². The zero-order valence-corrected chi connectivity index (χ0v) is 14.3. The Morgan fingerprint density at radius 3 is 2.88 bits per heavy atom. The summed E-state index contributed by atoms with van der Waals surface area (Å²) in [6.07, 6.45) is 0. The van der Waals surface area contributed by atoms with Crippen LogP contribution >= 0.6 is 11.6 Å². The molecule has 0 saturated heterocycles. The topological polar surface area (TPSA) is 74.3 Å². The number of amides is 1. The first-order valence-electron chi connectivity index (χ1n) is 7.87. The lowest BCUT2D eigenvalue weighted by molar-refractivity contribution is -0.144. The number of nitrogens with zero attached hydrogens (tertiary/aromatic N) is 1. The van der Waals surface area contributed by atoms with Crippen molar-refractivity contribution in [3.63, 3.8) is 0 Å². The van der Waals surface area contributed by atoms with Crippen molar-refractivity contribution in [2.24, 2.45) is 0 Å². The van der Waals surface area contributed by atoms with Gasteiger partial charge >= 0.3 is 5.97 Å². The van der Waals surface area contributed by atoms with Crippen LogP contribution in [-0.4, -0.2) is 31.8 Å². The zero-order chi connectivity index (χ0) is 18.1. The maximum Gasteiger partial charge on any atom is 0.326 e. The van der Waals surface area contributed by atoms with Gasteiger partial charge in [0.2, 0.25) is 6.79 Å². The molecule has 2 heterocycles. The van der Waals surface area contributed by atoms with Crippen molar-refractivity contribution < 1.29 is 28.5 Å². The van der Waals surface area contributed by atoms with Crippen molar-refractivity contribution >= 4 is 29.2 Å². The van der Waals surface area contributed by atoms with Gasteiger partial charge in [0.25, 0.3) is 5.91 Å². The van der Waals surface area contributed by atoms with E-state index >= 15 is 0 Å². The minimum atomic E-state index is -0.538. The number of anilines is 1. The van der Waals surface area contributed by atoms with E-state index in [9.17, 15) is 9.59 Å². The quantitative estimate of drug-likeness (QED) is 0.764. The normalized spacial score (nSPS) is 14.7. The van der Waals surface area contributed by atoms with Crippen LogP contribution in [0.1, 0.15) is 5.56 Å². The molecule has 134 valence electrons. The van der Waals surface area contributed by atoms with Gasteiger partial charge < -0.3 is 18.9 Å². The Kier molecular flexibility index (Phi) is 4.30. The number of carbonyl (C=O) groups is 2. The first-order chi connectivity index (χ1) is 12.6. The van der Waals surface area contributed by atoms with Gasteiger partial charge in [-0.2, -0.15) is 0 Å². The highest BCUT2D eigenvalue weighted by molar-refractivity contribution is 6.32. The van der Waals surface area contributed by atoms with Crippen molar-refractivity contribution in [3.8, 4) is 17.2 Å². The van der Waals surface area contributed by atoms with Crippen LogP contribution in [0.4, 0.5) is 5.69 Å². The monoisotopic (exact) mass is 375 g/mol. The van der Waals surface area contributed by atoms with Gasteiger partial charge in [-0.05, 0) is 29.8 Å². The third-order valence-electron chi connectivity index (χ3n) is 3.98. The molecule has 1 amide bonds. The van der Waals surface area contributed by atoms with Crippen LogP contribution in [0.25, 0.3) is 0 Å². The SMILES string of the molecule is O=C(CN1C(=O)COc2ccccc21)OCc1cc(Cl)c2c(c1)OCO2. The maximum atomic E-state index is 12.2. The predicted molar refractivity (Wildman–Crippen MR) is 91.7 cm³/mol. The second kappa shape index (κ2) is 6.76. The highest BCUT2D eigenvalue weighted by Gasteiger charge is 2.27. The first-order valence-corrected chi connectivity index (χ1v) is 8.25. The maximum absolute atomic E-state index is 12.2.